The summed E-state index contributed by atoms with van der Waals surface area (Å²) in [6.45, 7) is 9.21. The second kappa shape index (κ2) is 7.46. The van der Waals surface area contributed by atoms with Crippen LogP contribution >= 0.6 is 0 Å². The summed E-state index contributed by atoms with van der Waals surface area (Å²) in [6, 6.07) is 6.29. The molecule has 23 heavy (non-hydrogen) atoms. The van der Waals surface area contributed by atoms with Crippen LogP contribution in [0.5, 0.6) is 0 Å². The largest absolute Gasteiger partial charge is 0.394 e. The van der Waals surface area contributed by atoms with Crippen LogP contribution in [0.1, 0.15) is 51.4 Å². The normalized spacial score (nSPS) is 13.8. The van der Waals surface area contributed by atoms with Crippen molar-refractivity contribution in [1.82, 2.24) is 10.6 Å². The molecule has 3 amide bonds. The Hall–Kier alpha value is -2.08. The number of nitrogens with one attached hydrogen (secondary N) is 3. The lowest BCUT2D eigenvalue weighted by Crippen LogP contribution is -2.50. The highest BCUT2D eigenvalue weighted by atomic mass is 16.3. The van der Waals surface area contributed by atoms with Gasteiger partial charge in [0.1, 0.15) is 0 Å². The first-order chi connectivity index (χ1) is 10.6. The van der Waals surface area contributed by atoms with E-state index in [-0.39, 0.29) is 18.1 Å². The molecule has 0 aliphatic rings. The summed E-state index contributed by atoms with van der Waals surface area (Å²) >= 11 is 0. The number of hydrogen-bond acceptors (Lipinski definition) is 3. The minimum Gasteiger partial charge on any atom is -0.394 e. The van der Waals surface area contributed by atoms with Crippen LogP contribution in [0, 0.1) is 0 Å². The van der Waals surface area contributed by atoms with E-state index in [1.165, 1.54) is 0 Å². The van der Waals surface area contributed by atoms with Crippen molar-refractivity contribution < 1.29 is 14.7 Å². The van der Waals surface area contributed by atoms with E-state index >= 15 is 0 Å². The van der Waals surface area contributed by atoms with Gasteiger partial charge in [-0.2, -0.15) is 0 Å². The van der Waals surface area contributed by atoms with E-state index < -0.39 is 11.6 Å². The topological polar surface area (TPSA) is 90.5 Å². The molecule has 1 aromatic rings. The quantitative estimate of drug-likeness (QED) is 0.671. The van der Waals surface area contributed by atoms with E-state index in [4.69, 9.17) is 0 Å². The molecule has 4 N–H and O–H groups in total. The maximum Gasteiger partial charge on any atom is 0.319 e. The van der Waals surface area contributed by atoms with Gasteiger partial charge in [-0.1, -0.05) is 13.0 Å². The molecule has 1 unspecified atom stereocenters. The fraction of sp³-hybridized carbons (Fsp3) is 0.529. The van der Waals surface area contributed by atoms with Crippen molar-refractivity contribution in [3.05, 3.63) is 29.8 Å². The summed E-state index contributed by atoms with van der Waals surface area (Å²) in [6.07, 6.45) is 0.602. The molecule has 0 radical (unpaired) electrons. The maximum absolute atomic E-state index is 12.1. The molecule has 0 saturated carbocycles. The van der Waals surface area contributed by atoms with E-state index in [0.717, 1.165) is 0 Å². The molecule has 6 heteroatoms. The molecule has 0 heterocycles. The molecule has 6 nitrogen and oxygen atoms in total. The third kappa shape index (κ3) is 6.28. The summed E-state index contributed by atoms with van der Waals surface area (Å²) in [5.74, 6) is -0.199. The first kappa shape index (κ1) is 19.0. The van der Waals surface area contributed by atoms with E-state index in [1.807, 2.05) is 27.7 Å². The minimum absolute atomic E-state index is 0.148. The average Bonchev–Trinajstić information content (AvgIpc) is 2.45. The van der Waals surface area contributed by atoms with Crippen molar-refractivity contribution in [1.29, 1.82) is 0 Å². The molecule has 0 fully saturated rings. The zero-order valence-corrected chi connectivity index (χ0v) is 14.5. The monoisotopic (exact) mass is 321 g/mol. The van der Waals surface area contributed by atoms with Crippen LogP contribution < -0.4 is 16.0 Å². The number of anilines is 1. The van der Waals surface area contributed by atoms with Crippen molar-refractivity contribution >= 4 is 17.6 Å². The van der Waals surface area contributed by atoms with Gasteiger partial charge in [0, 0.05) is 16.8 Å². The molecule has 0 spiro atoms. The Morgan fingerprint density at radius 3 is 2.30 bits per heavy atom. The first-order valence-electron chi connectivity index (χ1n) is 7.71. The van der Waals surface area contributed by atoms with Crippen molar-refractivity contribution in [2.75, 3.05) is 11.9 Å². The van der Waals surface area contributed by atoms with Crippen molar-refractivity contribution in [2.45, 2.75) is 52.1 Å². The van der Waals surface area contributed by atoms with Crippen LogP contribution in [0.2, 0.25) is 0 Å². The van der Waals surface area contributed by atoms with Gasteiger partial charge in [0.2, 0.25) is 0 Å². The predicted molar refractivity (Wildman–Crippen MR) is 91.6 cm³/mol. The molecule has 0 aromatic heterocycles. The smallest absolute Gasteiger partial charge is 0.319 e. The van der Waals surface area contributed by atoms with Gasteiger partial charge in [-0.3, -0.25) is 4.79 Å². The number of aliphatic hydroxyl groups excluding tert-OH is 1. The van der Waals surface area contributed by atoms with E-state index in [1.54, 1.807) is 31.2 Å². The Bertz CT molecular complexity index is 560. The van der Waals surface area contributed by atoms with Crippen LogP contribution in [0.4, 0.5) is 10.5 Å². The van der Waals surface area contributed by atoms with Crippen molar-refractivity contribution in [3.8, 4) is 0 Å². The molecule has 0 aliphatic heterocycles. The van der Waals surface area contributed by atoms with Gasteiger partial charge in [0.25, 0.3) is 5.91 Å². The molecular weight excluding hydrogens is 294 g/mol. The van der Waals surface area contributed by atoms with Crippen molar-refractivity contribution in [3.63, 3.8) is 0 Å². The lowest BCUT2D eigenvalue weighted by molar-refractivity contribution is 0.0919. The van der Waals surface area contributed by atoms with Gasteiger partial charge < -0.3 is 21.1 Å². The third-order valence-electron chi connectivity index (χ3n) is 3.42. The van der Waals surface area contributed by atoms with E-state index in [0.29, 0.717) is 17.7 Å². The van der Waals surface area contributed by atoms with Gasteiger partial charge in [-0.25, -0.2) is 4.79 Å². The van der Waals surface area contributed by atoms with Gasteiger partial charge in [-0.15, -0.1) is 0 Å². The summed E-state index contributed by atoms with van der Waals surface area (Å²) in [5.41, 5.74) is -0.0219. The Balaban J connectivity index is 2.78. The van der Waals surface area contributed by atoms with Crippen LogP contribution in [0.15, 0.2) is 24.3 Å². The van der Waals surface area contributed by atoms with Crippen molar-refractivity contribution in [2.24, 2.45) is 0 Å². The highest BCUT2D eigenvalue weighted by Gasteiger charge is 2.23. The molecular formula is C17H27N3O3. The number of hydrogen-bond donors (Lipinski definition) is 4. The summed E-state index contributed by atoms with van der Waals surface area (Å²) in [4.78, 5) is 24.2. The summed E-state index contributed by atoms with van der Waals surface area (Å²) in [7, 11) is 0. The second-order valence-corrected chi connectivity index (χ2v) is 6.94. The standard InChI is InChI=1S/C17H27N3O3/c1-6-17(5,11-21)20-15(23)18-13-9-7-8-12(10-13)14(22)19-16(2,3)4/h7-10,21H,6,11H2,1-5H3,(H,19,22)(H2,18,20,23). The van der Waals surface area contributed by atoms with Crippen LogP contribution in [-0.2, 0) is 0 Å². The predicted octanol–water partition coefficient (Wildman–Crippen LogP) is 2.50. The van der Waals surface area contributed by atoms with Gasteiger partial charge in [-0.05, 0) is 52.3 Å². The highest BCUT2D eigenvalue weighted by molar-refractivity contribution is 5.97. The Morgan fingerprint density at radius 2 is 1.78 bits per heavy atom. The lowest BCUT2D eigenvalue weighted by atomic mass is 10.0. The molecule has 0 bridgehead atoms. The number of benzene rings is 1. The third-order valence-corrected chi connectivity index (χ3v) is 3.42. The number of urea groups is 1. The zero-order chi connectivity index (χ0) is 17.7. The van der Waals surface area contributed by atoms with E-state index in [2.05, 4.69) is 16.0 Å². The summed E-state index contributed by atoms with van der Waals surface area (Å²) in [5, 5.41) is 17.6. The summed E-state index contributed by atoms with van der Waals surface area (Å²) < 4.78 is 0. The lowest BCUT2D eigenvalue weighted by Gasteiger charge is -2.27. The maximum atomic E-state index is 12.1. The fourth-order valence-electron chi connectivity index (χ4n) is 1.83. The number of carbonyl (C=O) groups excluding carboxylic acids is 2. The van der Waals surface area contributed by atoms with Crippen LogP contribution in [0.3, 0.4) is 0 Å². The molecule has 1 aromatic carbocycles. The van der Waals surface area contributed by atoms with Gasteiger partial charge in [0.15, 0.2) is 0 Å². The molecule has 1 rings (SSSR count). The van der Waals surface area contributed by atoms with Crippen LogP contribution in [0.25, 0.3) is 0 Å². The highest BCUT2D eigenvalue weighted by Crippen LogP contribution is 2.13. The number of carbonyl (C=O) groups is 2. The Kier molecular flexibility index (Phi) is 6.15. The zero-order valence-electron chi connectivity index (χ0n) is 14.5. The molecule has 0 aliphatic carbocycles. The van der Waals surface area contributed by atoms with E-state index in [9.17, 15) is 14.7 Å². The fourth-order valence-corrected chi connectivity index (χ4v) is 1.83. The SMILES string of the molecule is CCC(C)(CO)NC(=O)Nc1cccc(C(=O)NC(C)(C)C)c1. The number of amides is 3. The first-order valence-corrected chi connectivity index (χ1v) is 7.71. The Morgan fingerprint density at radius 1 is 1.13 bits per heavy atom. The van der Waals surface area contributed by atoms with Crippen LogP contribution in [-0.4, -0.2) is 34.7 Å². The average molecular weight is 321 g/mol. The number of rotatable bonds is 5. The minimum atomic E-state index is -0.675. The molecule has 0 saturated heterocycles. The van der Waals surface area contributed by atoms with Gasteiger partial charge in [0.05, 0.1) is 12.1 Å². The number of aliphatic hydroxyl groups is 1. The molecule has 1 atom stereocenters. The second-order valence-electron chi connectivity index (χ2n) is 6.94. The van der Waals surface area contributed by atoms with Gasteiger partial charge >= 0.3 is 6.03 Å². The molecule has 128 valence electrons. The Labute approximate surface area is 137 Å².